The van der Waals surface area contributed by atoms with Crippen molar-refractivity contribution in [3.05, 3.63) is 214 Å². The fraction of sp³-hybridized carbons (Fsp3) is 0.160. The molecule has 0 spiro atoms. The summed E-state index contributed by atoms with van der Waals surface area (Å²) >= 11 is 0. The molecule has 6 aromatic rings. The number of rotatable bonds is 13. The van der Waals surface area contributed by atoms with Crippen molar-refractivity contribution in [2.24, 2.45) is 30.0 Å². The van der Waals surface area contributed by atoms with Gasteiger partial charge in [-0.05, 0) is 60.8 Å². The van der Waals surface area contributed by atoms with E-state index < -0.39 is 0 Å². The monoisotopic (exact) mass is 734 g/mol. The Bertz CT molecular complexity index is 2200. The van der Waals surface area contributed by atoms with Crippen LogP contribution in [0.4, 0.5) is 0 Å². The quantitative estimate of drug-likeness (QED) is 0.0837. The molecule has 0 amide bonds. The Morgan fingerprint density at radius 3 is 1.23 bits per heavy atom. The van der Waals surface area contributed by atoms with E-state index in [0.29, 0.717) is 30.6 Å². The summed E-state index contributed by atoms with van der Waals surface area (Å²) in [4.78, 5) is 26.7. The van der Waals surface area contributed by atoms with Gasteiger partial charge in [-0.2, -0.15) is 0 Å². The van der Waals surface area contributed by atoms with Crippen LogP contribution in [0.5, 0.6) is 0 Å². The molecule has 0 fully saturated rings. The molecule has 0 radical (unpaired) electrons. The van der Waals surface area contributed by atoms with Crippen LogP contribution in [0, 0.1) is 0 Å². The van der Waals surface area contributed by atoms with Crippen LogP contribution in [-0.4, -0.2) is 37.7 Å². The van der Waals surface area contributed by atoms with Crippen LogP contribution >= 0.6 is 0 Å². The average Bonchev–Trinajstić information content (AvgIpc) is 3.27. The topological polar surface area (TPSA) is 74.2 Å². The predicted molar refractivity (Wildman–Crippen MR) is 239 cm³/mol. The van der Waals surface area contributed by atoms with E-state index in [1.165, 1.54) is 16.7 Å². The van der Waals surface area contributed by atoms with E-state index in [2.05, 4.69) is 110 Å². The molecule has 6 aromatic carbocycles. The summed E-state index contributed by atoms with van der Waals surface area (Å²) in [7, 11) is 0. The Labute approximate surface area is 332 Å². The molecule has 0 heterocycles. The molecule has 0 aliphatic carbocycles. The lowest BCUT2D eigenvalue weighted by Gasteiger charge is -2.33. The van der Waals surface area contributed by atoms with Gasteiger partial charge in [0.2, 0.25) is 0 Å². The van der Waals surface area contributed by atoms with Crippen LogP contribution in [0.15, 0.2) is 200 Å². The molecule has 280 valence electrons. The van der Waals surface area contributed by atoms with Crippen molar-refractivity contribution in [3.8, 4) is 0 Å². The van der Waals surface area contributed by atoms with Crippen LogP contribution in [0.25, 0.3) is 0 Å². The lowest BCUT2D eigenvalue weighted by molar-refractivity contribution is 0.478. The molecular formula is C50H50N6. The second-order valence-corrected chi connectivity index (χ2v) is 13.2. The van der Waals surface area contributed by atoms with Crippen molar-refractivity contribution >= 4 is 37.7 Å². The highest BCUT2D eigenvalue weighted by Crippen LogP contribution is 2.39. The molecule has 0 saturated heterocycles. The van der Waals surface area contributed by atoms with Crippen LogP contribution < -0.4 is 0 Å². The van der Waals surface area contributed by atoms with E-state index in [1.54, 1.807) is 0 Å². The molecule has 0 aromatic heterocycles. The third-order valence-electron chi connectivity index (χ3n) is 9.79. The molecular weight excluding hydrogens is 685 g/mol. The summed E-state index contributed by atoms with van der Waals surface area (Å²) in [5.74, 6) is 1.82. The van der Waals surface area contributed by atoms with Crippen LogP contribution in [-0.2, 0) is 25.0 Å². The first-order valence-electron chi connectivity index (χ1n) is 19.0. The minimum Gasteiger partial charge on any atom is -0.296 e. The van der Waals surface area contributed by atoms with E-state index in [-0.39, 0.29) is 5.41 Å². The van der Waals surface area contributed by atoms with Crippen LogP contribution in [0.1, 0.15) is 71.2 Å². The van der Waals surface area contributed by atoms with Gasteiger partial charge >= 0.3 is 0 Å². The number of hydrogen-bond acceptors (Lipinski definition) is 3. The van der Waals surface area contributed by atoms with Gasteiger partial charge in [-0.3, -0.25) is 15.0 Å². The van der Waals surface area contributed by atoms with E-state index in [9.17, 15) is 0 Å². The minimum absolute atomic E-state index is 0.122. The maximum absolute atomic E-state index is 4.95. The summed E-state index contributed by atoms with van der Waals surface area (Å²) < 4.78 is 0. The highest BCUT2D eigenvalue weighted by Gasteiger charge is 2.30. The lowest BCUT2D eigenvalue weighted by Crippen LogP contribution is -2.26. The summed E-state index contributed by atoms with van der Waals surface area (Å²) in [5.41, 5.74) is 8.70. The second kappa shape index (κ2) is 21.3. The number of aliphatic imine (C=N–C) groups is 6. The molecule has 56 heavy (non-hydrogen) atoms. The second-order valence-electron chi connectivity index (χ2n) is 13.2. The number of benzene rings is 6. The lowest BCUT2D eigenvalue weighted by atomic mass is 9.70. The molecule has 6 rings (SSSR count). The molecule has 0 saturated carbocycles. The first-order chi connectivity index (χ1) is 27.5. The maximum atomic E-state index is 4.95. The fourth-order valence-electron chi connectivity index (χ4n) is 6.62. The molecule has 0 unspecified atom stereocenters. The van der Waals surface area contributed by atoms with Gasteiger partial charge in [0, 0.05) is 22.1 Å². The molecule has 0 aliphatic rings. The fourth-order valence-corrected chi connectivity index (χ4v) is 6.62. The van der Waals surface area contributed by atoms with Gasteiger partial charge in [0.1, 0.15) is 0 Å². The molecule has 0 bridgehead atoms. The van der Waals surface area contributed by atoms with Crippen molar-refractivity contribution in [3.63, 3.8) is 0 Å². The van der Waals surface area contributed by atoms with Gasteiger partial charge in [-0.1, -0.05) is 184 Å². The van der Waals surface area contributed by atoms with Crippen LogP contribution in [0.3, 0.4) is 0 Å². The Balaban J connectivity index is 0.000000586. The van der Waals surface area contributed by atoms with Crippen molar-refractivity contribution in [1.82, 2.24) is 0 Å². The van der Waals surface area contributed by atoms with Gasteiger partial charge in [-0.25, -0.2) is 15.0 Å². The van der Waals surface area contributed by atoms with Crippen molar-refractivity contribution in [2.45, 2.75) is 51.7 Å². The Morgan fingerprint density at radius 2 is 0.786 bits per heavy atom. The zero-order valence-electron chi connectivity index (χ0n) is 32.5. The van der Waals surface area contributed by atoms with Crippen molar-refractivity contribution < 1.29 is 0 Å². The standard InChI is InChI=1S/C42H41N5.C8H9N/c1-5-42(6-2,38-28-24-36(25-29-38)39(43-3)45-30-32-16-10-7-11-17-32)37-26-22-33(23-27-37)31-46-41(35-20-14-9-15-21-35)47-40(44-4)34-18-12-8-13-19-34;1-9-7-8-5-3-2-4-6-8/h7-29H,3-6,30-31H2,1-2H3;2-6H,1,7H2. The molecule has 0 aliphatic heterocycles. The maximum Gasteiger partial charge on any atom is 0.161 e. The van der Waals surface area contributed by atoms with Gasteiger partial charge in [0.25, 0.3) is 0 Å². The predicted octanol–water partition coefficient (Wildman–Crippen LogP) is 11.4. The van der Waals surface area contributed by atoms with Gasteiger partial charge in [0.05, 0.1) is 19.6 Å². The largest absolute Gasteiger partial charge is 0.296 e. The number of amidine groups is 3. The summed E-state index contributed by atoms with van der Waals surface area (Å²) in [6.45, 7) is 17.3. The molecule has 0 N–H and O–H groups in total. The van der Waals surface area contributed by atoms with E-state index in [0.717, 1.165) is 47.2 Å². The zero-order valence-corrected chi connectivity index (χ0v) is 32.5. The summed E-state index contributed by atoms with van der Waals surface area (Å²) in [6.07, 6.45) is 1.94. The third kappa shape index (κ3) is 11.0. The van der Waals surface area contributed by atoms with Gasteiger partial charge in [0.15, 0.2) is 17.5 Å². The Kier molecular flexibility index (Phi) is 15.4. The zero-order chi connectivity index (χ0) is 39.4. The van der Waals surface area contributed by atoms with Crippen molar-refractivity contribution in [2.75, 3.05) is 0 Å². The third-order valence-corrected chi connectivity index (χ3v) is 9.79. The Hall–Kier alpha value is -6.66. The average molecular weight is 735 g/mol. The molecule has 0 atom stereocenters. The SMILES string of the molecule is C=NC(=NCc1ccccc1)c1ccc(C(CC)(CC)c2ccc(CN=C(N=C(N=C)c3ccccc3)c3ccccc3)cc2)cc1.C=NCc1ccccc1. The smallest absolute Gasteiger partial charge is 0.161 e. The number of nitrogens with zero attached hydrogens (tertiary/aromatic N) is 6. The minimum atomic E-state index is -0.122. The summed E-state index contributed by atoms with van der Waals surface area (Å²) in [5, 5.41) is 0. The Morgan fingerprint density at radius 1 is 0.411 bits per heavy atom. The normalized spacial score (nSPS) is 11.9. The number of hydrogen-bond donors (Lipinski definition) is 0. The summed E-state index contributed by atoms with van der Waals surface area (Å²) in [6, 6.07) is 57.6. The van der Waals surface area contributed by atoms with E-state index in [1.807, 2.05) is 109 Å². The first-order valence-corrected chi connectivity index (χ1v) is 19.0. The van der Waals surface area contributed by atoms with E-state index >= 15 is 0 Å². The highest BCUT2D eigenvalue weighted by atomic mass is 15.0. The molecule has 6 nitrogen and oxygen atoms in total. The first kappa shape index (κ1) is 40.5. The highest BCUT2D eigenvalue weighted by molar-refractivity contribution is 6.12. The van der Waals surface area contributed by atoms with E-state index in [4.69, 9.17) is 15.0 Å². The van der Waals surface area contributed by atoms with Crippen LogP contribution in [0.2, 0.25) is 0 Å². The van der Waals surface area contributed by atoms with Gasteiger partial charge in [-0.15, -0.1) is 0 Å². The van der Waals surface area contributed by atoms with Gasteiger partial charge < -0.3 is 0 Å². The van der Waals surface area contributed by atoms with Crippen molar-refractivity contribution in [1.29, 1.82) is 0 Å². The molecule has 6 heteroatoms.